The Bertz CT molecular complexity index is 754. The van der Waals surface area contributed by atoms with Crippen molar-refractivity contribution in [2.24, 2.45) is 0 Å². The highest BCUT2D eigenvalue weighted by Crippen LogP contribution is 2.21. The van der Waals surface area contributed by atoms with E-state index >= 15 is 0 Å². The number of carbonyl (C=O) groups is 1. The van der Waals surface area contributed by atoms with Crippen LogP contribution in [0.4, 0.5) is 5.69 Å². The van der Waals surface area contributed by atoms with Crippen LogP contribution in [0.25, 0.3) is 0 Å². The average Bonchev–Trinajstić information content (AvgIpc) is 2.90. The summed E-state index contributed by atoms with van der Waals surface area (Å²) in [6.45, 7) is 7.88. The number of Topliss-reactive ketones (excluding diaryl/α,β-unsaturated/α-hetero) is 1. The van der Waals surface area contributed by atoms with Crippen molar-refractivity contribution in [1.29, 1.82) is 0 Å². The molecule has 6 nitrogen and oxygen atoms in total. The number of rotatable bonds is 4. The standard InChI is InChI=1S/C17H22N4O2/c1-12-5-3-4-6-15(12)21-9-7-20(8-10-21)11-14-16(13(2)22)19-17(23)18-14/h3-6H,7-11H2,1-2H3,(H2,18,19,23). The summed E-state index contributed by atoms with van der Waals surface area (Å²) in [6, 6.07) is 8.41. The monoisotopic (exact) mass is 314 g/mol. The molecule has 0 bridgehead atoms. The van der Waals surface area contributed by atoms with Gasteiger partial charge in [0.2, 0.25) is 0 Å². The largest absolute Gasteiger partial charge is 0.369 e. The third-order valence-electron chi connectivity index (χ3n) is 4.37. The number of aromatic amines is 2. The molecule has 3 rings (SSSR count). The maximum atomic E-state index is 11.6. The zero-order valence-corrected chi connectivity index (χ0v) is 13.6. The molecule has 2 heterocycles. The molecule has 1 aliphatic rings. The number of nitrogens with one attached hydrogen (secondary N) is 2. The van der Waals surface area contributed by atoms with Gasteiger partial charge in [0, 0.05) is 45.3 Å². The van der Waals surface area contributed by atoms with Crippen LogP contribution in [0.3, 0.4) is 0 Å². The number of para-hydroxylation sites is 1. The number of piperazine rings is 1. The van der Waals surface area contributed by atoms with E-state index in [2.05, 4.69) is 51.0 Å². The second kappa shape index (κ2) is 6.42. The molecule has 122 valence electrons. The van der Waals surface area contributed by atoms with Gasteiger partial charge in [-0.1, -0.05) is 18.2 Å². The second-order valence-corrected chi connectivity index (χ2v) is 6.04. The first-order chi connectivity index (χ1) is 11.0. The molecule has 0 amide bonds. The van der Waals surface area contributed by atoms with Crippen LogP contribution in [0.1, 0.15) is 28.7 Å². The molecule has 2 N–H and O–H groups in total. The Balaban J connectivity index is 1.65. The maximum Gasteiger partial charge on any atom is 0.323 e. The summed E-state index contributed by atoms with van der Waals surface area (Å²) in [5.41, 5.74) is 3.34. The van der Waals surface area contributed by atoms with Crippen LogP contribution in [0, 0.1) is 6.92 Å². The number of nitrogens with zero attached hydrogens (tertiary/aromatic N) is 2. The minimum atomic E-state index is -0.316. The molecule has 23 heavy (non-hydrogen) atoms. The van der Waals surface area contributed by atoms with Crippen molar-refractivity contribution in [1.82, 2.24) is 14.9 Å². The number of carbonyl (C=O) groups excluding carboxylic acids is 1. The molecule has 1 aromatic carbocycles. The van der Waals surface area contributed by atoms with Gasteiger partial charge in [0.15, 0.2) is 5.78 Å². The lowest BCUT2D eigenvalue weighted by atomic mass is 10.1. The molecule has 0 radical (unpaired) electrons. The molecular formula is C17H22N4O2. The normalized spacial score (nSPS) is 15.8. The molecule has 1 saturated heterocycles. The van der Waals surface area contributed by atoms with Crippen LogP contribution in [-0.4, -0.2) is 46.8 Å². The lowest BCUT2D eigenvalue weighted by Crippen LogP contribution is -2.46. The summed E-state index contributed by atoms with van der Waals surface area (Å²) >= 11 is 0. The van der Waals surface area contributed by atoms with Crippen LogP contribution in [0.5, 0.6) is 0 Å². The Hall–Kier alpha value is -2.34. The number of aryl methyl sites for hydroxylation is 1. The van der Waals surface area contributed by atoms with E-state index in [1.54, 1.807) is 0 Å². The first kappa shape index (κ1) is 15.6. The van der Waals surface area contributed by atoms with Crippen LogP contribution >= 0.6 is 0 Å². The minimum Gasteiger partial charge on any atom is -0.369 e. The highest BCUT2D eigenvalue weighted by molar-refractivity contribution is 5.93. The van der Waals surface area contributed by atoms with Gasteiger partial charge in [0.1, 0.15) is 5.69 Å². The molecule has 0 aliphatic carbocycles. The second-order valence-electron chi connectivity index (χ2n) is 6.04. The van der Waals surface area contributed by atoms with E-state index in [1.165, 1.54) is 18.2 Å². The number of benzene rings is 1. The molecule has 1 fully saturated rings. The molecule has 6 heteroatoms. The number of hydrogen-bond acceptors (Lipinski definition) is 4. The van der Waals surface area contributed by atoms with Crippen molar-refractivity contribution in [3.8, 4) is 0 Å². The molecule has 2 aromatic rings. The number of ketones is 1. The van der Waals surface area contributed by atoms with Crippen molar-refractivity contribution < 1.29 is 4.79 Å². The zero-order valence-electron chi connectivity index (χ0n) is 13.6. The summed E-state index contributed by atoms with van der Waals surface area (Å²) in [5.74, 6) is -0.114. The number of anilines is 1. The SMILES string of the molecule is CC(=O)c1[nH]c(=O)[nH]c1CN1CCN(c2ccccc2C)CC1. The summed E-state index contributed by atoms with van der Waals surface area (Å²) in [4.78, 5) is 33.0. The van der Waals surface area contributed by atoms with Gasteiger partial charge in [-0.2, -0.15) is 0 Å². The maximum absolute atomic E-state index is 11.6. The van der Waals surface area contributed by atoms with E-state index in [9.17, 15) is 9.59 Å². The van der Waals surface area contributed by atoms with E-state index in [1.807, 2.05) is 0 Å². The number of hydrogen-bond donors (Lipinski definition) is 2. The van der Waals surface area contributed by atoms with Crippen molar-refractivity contribution >= 4 is 11.5 Å². The van der Waals surface area contributed by atoms with E-state index < -0.39 is 0 Å². The Morgan fingerprint density at radius 2 is 1.83 bits per heavy atom. The van der Waals surface area contributed by atoms with Gasteiger partial charge in [-0.05, 0) is 18.6 Å². The van der Waals surface area contributed by atoms with E-state index in [-0.39, 0.29) is 11.5 Å². The van der Waals surface area contributed by atoms with Crippen molar-refractivity contribution in [2.45, 2.75) is 20.4 Å². The Morgan fingerprint density at radius 1 is 1.13 bits per heavy atom. The number of H-pyrrole nitrogens is 2. The van der Waals surface area contributed by atoms with Gasteiger partial charge in [-0.15, -0.1) is 0 Å². The lowest BCUT2D eigenvalue weighted by molar-refractivity contribution is 0.101. The first-order valence-corrected chi connectivity index (χ1v) is 7.89. The van der Waals surface area contributed by atoms with Crippen molar-refractivity contribution in [2.75, 3.05) is 31.1 Å². The predicted molar refractivity (Wildman–Crippen MR) is 90.1 cm³/mol. The van der Waals surface area contributed by atoms with Crippen LogP contribution in [-0.2, 0) is 6.54 Å². The average molecular weight is 314 g/mol. The summed E-state index contributed by atoms with van der Waals surface area (Å²) in [7, 11) is 0. The third kappa shape index (κ3) is 3.37. The molecule has 0 unspecified atom stereocenters. The fourth-order valence-corrected chi connectivity index (χ4v) is 3.13. The predicted octanol–water partition coefficient (Wildman–Crippen LogP) is 1.54. The molecule has 1 aliphatic heterocycles. The van der Waals surface area contributed by atoms with E-state index in [0.717, 1.165) is 26.2 Å². The van der Waals surface area contributed by atoms with Gasteiger partial charge in [0.25, 0.3) is 0 Å². The zero-order chi connectivity index (χ0) is 16.4. The number of imidazole rings is 1. The minimum absolute atomic E-state index is 0.114. The topological polar surface area (TPSA) is 72.2 Å². The van der Waals surface area contributed by atoms with Crippen molar-refractivity contribution in [3.63, 3.8) is 0 Å². The summed E-state index contributed by atoms with van der Waals surface area (Å²) in [5, 5.41) is 0. The molecule has 0 atom stereocenters. The van der Waals surface area contributed by atoms with Gasteiger partial charge in [-0.3, -0.25) is 9.69 Å². The van der Waals surface area contributed by atoms with E-state index in [0.29, 0.717) is 17.9 Å². The lowest BCUT2D eigenvalue weighted by Gasteiger charge is -2.36. The number of aromatic nitrogens is 2. The van der Waals surface area contributed by atoms with Crippen molar-refractivity contribution in [3.05, 3.63) is 51.7 Å². The molecule has 0 spiro atoms. The highest BCUT2D eigenvalue weighted by Gasteiger charge is 2.21. The van der Waals surface area contributed by atoms with Crippen LogP contribution in [0.2, 0.25) is 0 Å². The Kier molecular flexibility index (Phi) is 4.34. The van der Waals surface area contributed by atoms with E-state index in [4.69, 9.17) is 0 Å². The Morgan fingerprint density at radius 3 is 2.48 bits per heavy atom. The molecule has 0 saturated carbocycles. The van der Waals surface area contributed by atoms with Gasteiger partial charge >= 0.3 is 5.69 Å². The quantitative estimate of drug-likeness (QED) is 0.840. The van der Waals surface area contributed by atoms with Crippen LogP contribution < -0.4 is 10.6 Å². The van der Waals surface area contributed by atoms with Crippen LogP contribution in [0.15, 0.2) is 29.1 Å². The highest BCUT2D eigenvalue weighted by atomic mass is 16.1. The van der Waals surface area contributed by atoms with Gasteiger partial charge in [-0.25, -0.2) is 4.79 Å². The summed E-state index contributed by atoms with van der Waals surface area (Å²) in [6.07, 6.45) is 0. The van der Waals surface area contributed by atoms with Gasteiger partial charge < -0.3 is 14.9 Å². The smallest absolute Gasteiger partial charge is 0.323 e. The first-order valence-electron chi connectivity index (χ1n) is 7.89. The fourth-order valence-electron chi connectivity index (χ4n) is 3.13. The Labute approximate surface area is 135 Å². The molecule has 1 aromatic heterocycles. The third-order valence-corrected chi connectivity index (χ3v) is 4.37. The summed E-state index contributed by atoms with van der Waals surface area (Å²) < 4.78 is 0. The fraction of sp³-hybridized carbons (Fsp3) is 0.412. The molecular weight excluding hydrogens is 292 g/mol. The van der Waals surface area contributed by atoms with Gasteiger partial charge in [0.05, 0.1) is 5.69 Å².